The molecule has 1 amide bonds. The predicted octanol–water partition coefficient (Wildman–Crippen LogP) is 4.54. The van der Waals surface area contributed by atoms with E-state index >= 15 is 0 Å². The van der Waals surface area contributed by atoms with E-state index in [0.717, 1.165) is 11.1 Å². The van der Waals surface area contributed by atoms with Crippen molar-refractivity contribution in [2.45, 2.75) is 20.8 Å². The van der Waals surface area contributed by atoms with Crippen molar-refractivity contribution in [1.29, 1.82) is 0 Å². The summed E-state index contributed by atoms with van der Waals surface area (Å²) in [5, 5.41) is 2.85. The number of hydrogen-bond donors (Lipinski definition) is 1. The topological polar surface area (TPSA) is 66.0 Å². The van der Waals surface area contributed by atoms with Gasteiger partial charge in [-0.05, 0) is 50.6 Å². The normalized spacial score (nSPS) is 11.0. The maximum atomic E-state index is 12.5. The fraction of sp³-hybridized carbons (Fsp3) is 0.318. The van der Waals surface area contributed by atoms with Gasteiger partial charge in [0.2, 0.25) is 5.91 Å². The Labute approximate surface area is 166 Å². The van der Waals surface area contributed by atoms with Gasteiger partial charge in [-0.25, -0.2) is 0 Å². The van der Waals surface area contributed by atoms with Crippen LogP contribution >= 0.6 is 0 Å². The first-order valence-corrected chi connectivity index (χ1v) is 9.13. The Hall–Kier alpha value is -3.15. The molecule has 28 heavy (non-hydrogen) atoms. The predicted molar refractivity (Wildman–Crippen MR) is 111 cm³/mol. The van der Waals surface area contributed by atoms with Crippen LogP contribution in [0, 0.1) is 0 Å². The summed E-state index contributed by atoms with van der Waals surface area (Å²) < 4.78 is 21.8. The highest BCUT2D eigenvalue weighted by molar-refractivity contribution is 6.04. The summed E-state index contributed by atoms with van der Waals surface area (Å²) in [6.45, 7) is 6.71. The Balaban J connectivity index is 2.19. The molecule has 0 atom stereocenters. The van der Waals surface area contributed by atoms with Gasteiger partial charge in [-0.2, -0.15) is 0 Å². The number of anilines is 1. The molecule has 0 heterocycles. The van der Waals surface area contributed by atoms with Crippen molar-refractivity contribution < 1.29 is 23.7 Å². The largest absolute Gasteiger partial charge is 0.497 e. The summed E-state index contributed by atoms with van der Waals surface area (Å²) in [6, 6.07) is 10.8. The van der Waals surface area contributed by atoms with Crippen LogP contribution in [0.1, 0.15) is 26.3 Å². The molecule has 0 unspecified atom stereocenters. The van der Waals surface area contributed by atoms with Gasteiger partial charge in [0.15, 0.2) is 11.5 Å². The monoisotopic (exact) mass is 385 g/mol. The van der Waals surface area contributed by atoms with E-state index in [-0.39, 0.29) is 5.91 Å². The zero-order valence-electron chi connectivity index (χ0n) is 17.0. The van der Waals surface area contributed by atoms with Gasteiger partial charge in [0, 0.05) is 29.5 Å². The number of carbonyl (C=O) groups is 1. The molecule has 0 aliphatic rings. The van der Waals surface area contributed by atoms with E-state index in [1.165, 1.54) is 6.08 Å². The molecule has 0 fully saturated rings. The van der Waals surface area contributed by atoms with Gasteiger partial charge in [-0.15, -0.1) is 0 Å². The molecular formula is C22H27NO5. The van der Waals surface area contributed by atoms with Crippen molar-refractivity contribution in [3.63, 3.8) is 0 Å². The van der Waals surface area contributed by atoms with Crippen molar-refractivity contribution in [3.05, 3.63) is 48.0 Å². The molecule has 6 nitrogen and oxygen atoms in total. The first kappa shape index (κ1) is 21.2. The third-order valence-corrected chi connectivity index (χ3v) is 3.99. The second-order valence-corrected chi connectivity index (χ2v) is 5.91. The number of benzene rings is 2. The van der Waals surface area contributed by atoms with Crippen LogP contribution in [0.15, 0.2) is 42.5 Å². The van der Waals surface area contributed by atoms with Crippen molar-refractivity contribution in [3.8, 4) is 23.0 Å². The van der Waals surface area contributed by atoms with E-state index in [4.69, 9.17) is 18.9 Å². The minimum atomic E-state index is -0.248. The Bertz CT molecular complexity index is 845. The van der Waals surface area contributed by atoms with Gasteiger partial charge in [0.1, 0.15) is 11.5 Å². The lowest BCUT2D eigenvalue weighted by Gasteiger charge is -2.13. The van der Waals surface area contributed by atoms with Gasteiger partial charge in [-0.1, -0.05) is 0 Å². The number of rotatable bonds is 9. The highest BCUT2D eigenvalue weighted by Crippen LogP contribution is 2.32. The summed E-state index contributed by atoms with van der Waals surface area (Å²) >= 11 is 0. The van der Waals surface area contributed by atoms with Gasteiger partial charge in [-0.3, -0.25) is 4.79 Å². The van der Waals surface area contributed by atoms with Gasteiger partial charge in [0.25, 0.3) is 0 Å². The molecule has 150 valence electrons. The maximum absolute atomic E-state index is 12.5. The lowest BCUT2D eigenvalue weighted by Crippen LogP contribution is -2.09. The molecule has 2 aromatic carbocycles. The molecule has 0 saturated carbocycles. The number of hydrogen-bond acceptors (Lipinski definition) is 5. The van der Waals surface area contributed by atoms with Crippen LogP contribution < -0.4 is 24.3 Å². The summed E-state index contributed by atoms with van der Waals surface area (Å²) in [5.74, 6) is 2.33. The number of carbonyl (C=O) groups excluding carboxylic acids is 1. The minimum absolute atomic E-state index is 0.248. The molecule has 2 aromatic rings. The molecule has 2 rings (SSSR count). The van der Waals surface area contributed by atoms with Crippen molar-refractivity contribution in [2.24, 2.45) is 0 Å². The molecule has 0 spiro atoms. The van der Waals surface area contributed by atoms with E-state index in [2.05, 4.69) is 5.32 Å². The number of methoxy groups -OCH3 is 2. The average Bonchev–Trinajstić information content (AvgIpc) is 2.69. The zero-order chi connectivity index (χ0) is 20.5. The smallest absolute Gasteiger partial charge is 0.248 e. The lowest BCUT2D eigenvalue weighted by molar-refractivity contribution is -0.111. The SMILES string of the molecule is CCOc1ccc(NC(=O)/C=C(\C)c2ccc(OC)cc2OC)cc1OCC. The Morgan fingerprint density at radius 2 is 1.64 bits per heavy atom. The van der Waals surface area contributed by atoms with Crippen molar-refractivity contribution in [2.75, 3.05) is 32.8 Å². The maximum Gasteiger partial charge on any atom is 0.248 e. The molecule has 0 saturated heterocycles. The van der Waals surface area contributed by atoms with Gasteiger partial charge >= 0.3 is 0 Å². The Kier molecular flexibility index (Phi) is 7.75. The van der Waals surface area contributed by atoms with E-state index in [1.807, 2.05) is 32.9 Å². The molecule has 0 aliphatic heterocycles. The molecule has 6 heteroatoms. The third kappa shape index (κ3) is 5.42. The zero-order valence-corrected chi connectivity index (χ0v) is 17.0. The van der Waals surface area contributed by atoms with E-state index in [0.29, 0.717) is 41.9 Å². The number of amides is 1. The molecule has 1 N–H and O–H groups in total. The second kappa shape index (κ2) is 10.3. The van der Waals surface area contributed by atoms with Crippen LogP contribution in [0.25, 0.3) is 5.57 Å². The van der Waals surface area contributed by atoms with Crippen LogP contribution in [-0.2, 0) is 4.79 Å². The van der Waals surface area contributed by atoms with Crippen LogP contribution in [0.5, 0.6) is 23.0 Å². The summed E-state index contributed by atoms with van der Waals surface area (Å²) in [7, 11) is 3.18. The van der Waals surface area contributed by atoms with Crippen molar-refractivity contribution in [1.82, 2.24) is 0 Å². The van der Waals surface area contributed by atoms with Crippen molar-refractivity contribution >= 4 is 17.2 Å². The minimum Gasteiger partial charge on any atom is -0.497 e. The molecular weight excluding hydrogens is 358 g/mol. The summed E-state index contributed by atoms with van der Waals surface area (Å²) in [4.78, 5) is 12.5. The Morgan fingerprint density at radius 3 is 2.29 bits per heavy atom. The van der Waals surface area contributed by atoms with Gasteiger partial charge in [0.05, 0.1) is 27.4 Å². The first-order chi connectivity index (χ1) is 13.5. The van der Waals surface area contributed by atoms with Crippen LogP contribution in [0.2, 0.25) is 0 Å². The molecule has 0 radical (unpaired) electrons. The number of nitrogens with one attached hydrogen (secondary N) is 1. The summed E-state index contributed by atoms with van der Waals surface area (Å²) in [6.07, 6.45) is 1.53. The lowest BCUT2D eigenvalue weighted by atomic mass is 10.1. The van der Waals surface area contributed by atoms with Gasteiger partial charge < -0.3 is 24.3 Å². The molecule has 0 bridgehead atoms. The average molecular weight is 385 g/mol. The van der Waals surface area contributed by atoms with Crippen LogP contribution in [0.4, 0.5) is 5.69 Å². The fourth-order valence-corrected chi connectivity index (χ4v) is 2.71. The van der Waals surface area contributed by atoms with E-state index < -0.39 is 0 Å². The highest BCUT2D eigenvalue weighted by atomic mass is 16.5. The number of ether oxygens (including phenoxy) is 4. The quantitative estimate of drug-likeness (QED) is 0.642. The third-order valence-electron chi connectivity index (χ3n) is 3.99. The van der Waals surface area contributed by atoms with Crippen LogP contribution in [0.3, 0.4) is 0 Å². The molecule has 0 aromatic heterocycles. The van der Waals surface area contributed by atoms with E-state index in [9.17, 15) is 4.79 Å². The first-order valence-electron chi connectivity index (χ1n) is 9.13. The van der Waals surface area contributed by atoms with E-state index in [1.54, 1.807) is 38.5 Å². The second-order valence-electron chi connectivity index (χ2n) is 5.91. The standard InChI is InChI=1S/C22H27NO5/c1-6-27-19-11-8-16(13-21(19)28-7-2)23-22(24)12-15(3)18-10-9-17(25-4)14-20(18)26-5/h8-14H,6-7H2,1-5H3,(H,23,24)/b15-12+. The number of allylic oxidation sites excluding steroid dienone is 1. The molecule has 0 aliphatic carbocycles. The Morgan fingerprint density at radius 1 is 0.929 bits per heavy atom. The highest BCUT2D eigenvalue weighted by Gasteiger charge is 2.10. The van der Waals surface area contributed by atoms with Crippen LogP contribution in [-0.4, -0.2) is 33.3 Å². The fourth-order valence-electron chi connectivity index (χ4n) is 2.71. The summed E-state index contributed by atoms with van der Waals surface area (Å²) in [5.41, 5.74) is 2.22.